The second-order valence-corrected chi connectivity index (χ2v) is 31.1. The summed E-state index contributed by atoms with van der Waals surface area (Å²) in [4.78, 5) is 40.0. The molecule has 2 aliphatic heterocycles. The standard InChI is InChI=1S/C36H55FN6O12P2S2Si2/c1-21(2)60(46,22(3)4)55-61(23(5)6,24(7)8)54-32-29-18-48-56(45,58)52-28-15-26(50-30-10-12-39-19-40-30)14-25(28)17-49-57(59,47-13-9-11-38)53-33(32)36(51-29)43-16-27(37)31-34(43)41-20-42-35(31)44/h10,12,16,19-26,28-29,32-33,36,46H,9,13-15,17-18H2,1-8H3,(H,45,58)(H,41,42,44)/t25-,26-,28+,29+,32-,33-,36-,56?,57?/m1/s1. The molecule has 5 heterocycles. The van der Waals surface area contributed by atoms with Crippen LogP contribution in [0, 0.1) is 23.1 Å². The third kappa shape index (κ3) is 10.6. The lowest BCUT2D eigenvalue weighted by molar-refractivity contribution is -0.0505. The minimum Gasteiger partial charge on any atom is -0.474 e. The van der Waals surface area contributed by atoms with Crippen molar-refractivity contribution in [3.8, 4) is 11.9 Å². The topological polar surface area (TPSA) is 221 Å². The number of thiol groups is 1. The molecule has 6 rings (SSSR count). The smallest absolute Gasteiger partial charge is 0.386 e. The van der Waals surface area contributed by atoms with Crippen LogP contribution in [0.5, 0.6) is 5.88 Å². The summed E-state index contributed by atoms with van der Waals surface area (Å²) in [5.41, 5.74) is -1.83. The van der Waals surface area contributed by atoms with Crippen molar-refractivity contribution < 1.29 is 54.4 Å². The molecule has 2 N–H and O–H groups in total. The number of halogens is 1. The minimum atomic E-state index is -4.21. The van der Waals surface area contributed by atoms with Crippen molar-refractivity contribution in [2.45, 2.75) is 134 Å². The SMILES string of the molecule is CC(C)[Si](O)(O[Si](O[C@H]1[C@H]2OP(=S)(OCCC#N)OC[C@H]3C[C@@H](Oc4ccncn4)C[C@@H]3OP(=O)(S)OC[C@@H]1O[C@H]2n1cc(F)c2c(=O)[nH]cnc21)(C(C)C)C(C)C)C(C)C. The van der Waals surface area contributed by atoms with Gasteiger partial charge in [0.05, 0.1) is 44.7 Å². The Bertz CT molecular complexity index is 2170. The number of fused-ring (bicyclic) bond motifs is 4. The summed E-state index contributed by atoms with van der Waals surface area (Å²) in [7, 11) is -7.19. The van der Waals surface area contributed by atoms with E-state index in [1.54, 1.807) is 12.3 Å². The van der Waals surface area contributed by atoms with Crippen LogP contribution in [0.3, 0.4) is 0 Å². The number of hydrogen-bond donors (Lipinski definition) is 3. The zero-order valence-electron chi connectivity index (χ0n) is 35.3. The monoisotopic (exact) mass is 964 g/mol. The van der Waals surface area contributed by atoms with E-state index in [0.717, 1.165) is 12.5 Å². The van der Waals surface area contributed by atoms with E-state index in [1.807, 2.05) is 61.5 Å². The van der Waals surface area contributed by atoms with Crippen molar-refractivity contribution in [2.24, 2.45) is 5.92 Å². The van der Waals surface area contributed by atoms with Crippen LogP contribution >= 0.6 is 25.8 Å². The lowest BCUT2D eigenvalue weighted by atomic mass is 10.1. The molecule has 338 valence electrons. The first kappa shape index (κ1) is 48.5. The number of nitrogens with zero attached hydrogens (tertiary/aromatic N) is 5. The number of hydrogen-bond acceptors (Lipinski definition) is 17. The summed E-state index contributed by atoms with van der Waals surface area (Å²) in [6, 6.07) is 3.65. The van der Waals surface area contributed by atoms with Crippen LogP contribution < -0.4 is 10.3 Å². The van der Waals surface area contributed by atoms with Crippen molar-refractivity contribution in [3.63, 3.8) is 0 Å². The summed E-state index contributed by atoms with van der Waals surface area (Å²) >= 11 is 10.5. The molecular formula is C36H55FN6O12P2S2Si2. The van der Waals surface area contributed by atoms with Gasteiger partial charge < -0.3 is 41.4 Å². The van der Waals surface area contributed by atoms with Gasteiger partial charge in [0, 0.05) is 30.8 Å². The van der Waals surface area contributed by atoms with Gasteiger partial charge in [0.25, 0.3) is 5.56 Å². The van der Waals surface area contributed by atoms with E-state index in [1.165, 1.54) is 10.9 Å². The van der Waals surface area contributed by atoms with E-state index in [4.69, 9.17) is 52.4 Å². The average Bonchev–Trinajstić information content (AvgIpc) is 3.84. The van der Waals surface area contributed by atoms with Gasteiger partial charge in [-0.05, 0) is 40.4 Å². The van der Waals surface area contributed by atoms with E-state index in [0.29, 0.717) is 12.3 Å². The molecule has 3 aromatic heterocycles. The van der Waals surface area contributed by atoms with Gasteiger partial charge in [-0.2, -0.15) is 5.26 Å². The average molecular weight is 965 g/mol. The van der Waals surface area contributed by atoms with E-state index in [2.05, 4.69) is 32.2 Å². The van der Waals surface area contributed by atoms with E-state index in [-0.39, 0.29) is 59.3 Å². The number of aromatic amines is 1. The molecule has 3 fully saturated rings. The van der Waals surface area contributed by atoms with Gasteiger partial charge in [-0.3, -0.25) is 18.4 Å². The Morgan fingerprint density at radius 3 is 2.44 bits per heavy atom. The van der Waals surface area contributed by atoms with Crippen molar-refractivity contribution in [1.82, 2.24) is 24.5 Å². The fourth-order valence-electron chi connectivity index (χ4n) is 8.10. The molecule has 25 heteroatoms. The van der Waals surface area contributed by atoms with Crippen LogP contribution in [0.1, 0.15) is 80.9 Å². The molecule has 1 saturated carbocycles. The van der Waals surface area contributed by atoms with Gasteiger partial charge in [0.1, 0.15) is 36.1 Å². The van der Waals surface area contributed by atoms with Crippen LogP contribution in [0.4, 0.5) is 4.39 Å². The first-order chi connectivity index (χ1) is 28.7. The second kappa shape index (κ2) is 19.6. The van der Waals surface area contributed by atoms with E-state index >= 15 is 4.39 Å². The van der Waals surface area contributed by atoms with Gasteiger partial charge in [0.15, 0.2) is 17.7 Å². The molecule has 0 aromatic carbocycles. The Morgan fingerprint density at radius 2 is 1.80 bits per heavy atom. The molecule has 2 unspecified atom stereocenters. The third-order valence-electron chi connectivity index (χ3n) is 11.3. The van der Waals surface area contributed by atoms with Crippen molar-refractivity contribution >= 4 is 65.7 Å². The Morgan fingerprint density at radius 1 is 1.08 bits per heavy atom. The predicted molar refractivity (Wildman–Crippen MR) is 232 cm³/mol. The summed E-state index contributed by atoms with van der Waals surface area (Å²) in [6.07, 6.45) is -0.670. The Kier molecular flexibility index (Phi) is 15.6. The molecule has 18 nitrogen and oxygen atoms in total. The fraction of sp³-hybridized carbons (Fsp3) is 0.694. The largest absolute Gasteiger partial charge is 0.474 e. The Balaban J connectivity index is 1.48. The molecule has 2 bridgehead atoms. The zero-order chi connectivity index (χ0) is 44.5. The second-order valence-electron chi connectivity index (χ2n) is 16.6. The molecule has 2 saturated heterocycles. The molecule has 3 aromatic rings. The Labute approximate surface area is 366 Å². The number of ether oxygens (including phenoxy) is 2. The van der Waals surface area contributed by atoms with E-state index in [9.17, 15) is 19.4 Å². The normalized spacial score (nSPS) is 30.4. The molecule has 3 aliphatic rings. The highest BCUT2D eigenvalue weighted by Gasteiger charge is 2.60. The minimum absolute atomic E-state index is 0.0583. The van der Waals surface area contributed by atoms with Gasteiger partial charge in [0.2, 0.25) is 5.88 Å². The van der Waals surface area contributed by atoms with Crippen LogP contribution in [0.25, 0.3) is 11.0 Å². The zero-order valence-corrected chi connectivity index (χ0v) is 40.8. The number of nitriles is 1. The van der Waals surface area contributed by atoms with Gasteiger partial charge >= 0.3 is 30.6 Å². The number of H-pyrrole nitrogens is 1. The lowest BCUT2D eigenvalue weighted by Crippen LogP contribution is -2.62. The molecule has 1 aliphatic carbocycles. The molecular weight excluding hydrogens is 910 g/mol. The maximum Gasteiger partial charge on any atom is 0.386 e. The number of nitrogens with one attached hydrogen (secondary N) is 1. The van der Waals surface area contributed by atoms with E-state index < -0.39 is 91.3 Å². The summed E-state index contributed by atoms with van der Waals surface area (Å²) < 4.78 is 90.2. The lowest BCUT2D eigenvalue weighted by Gasteiger charge is -2.47. The maximum atomic E-state index is 15.7. The van der Waals surface area contributed by atoms with Crippen molar-refractivity contribution in [1.29, 1.82) is 5.26 Å². The summed E-state index contributed by atoms with van der Waals surface area (Å²) in [5.74, 6) is -1.05. The number of rotatable bonds is 14. The fourth-order valence-corrected chi connectivity index (χ4v) is 21.7. The summed E-state index contributed by atoms with van der Waals surface area (Å²) in [6.45, 7) is 6.58. The summed E-state index contributed by atoms with van der Waals surface area (Å²) in [5, 5.41) is 9.15. The quantitative estimate of drug-likeness (QED) is 0.0623. The highest BCUT2D eigenvalue weighted by Crippen LogP contribution is 2.60. The first-order valence-electron chi connectivity index (χ1n) is 20.2. The number of aromatic nitrogens is 5. The third-order valence-corrected chi connectivity index (χ3v) is 25.0. The van der Waals surface area contributed by atoms with Gasteiger partial charge in [-0.1, -0.05) is 67.6 Å². The highest BCUT2D eigenvalue weighted by atomic mass is 32.7. The van der Waals surface area contributed by atoms with Crippen molar-refractivity contribution in [3.05, 3.63) is 47.3 Å². The van der Waals surface area contributed by atoms with Crippen LogP contribution in [-0.2, 0) is 52.3 Å². The van der Waals surface area contributed by atoms with Gasteiger partial charge in [-0.15, -0.1) is 0 Å². The molecule has 0 radical (unpaired) electrons. The Hall–Kier alpha value is -1.98. The van der Waals surface area contributed by atoms with Crippen LogP contribution in [0.2, 0.25) is 22.2 Å². The highest BCUT2D eigenvalue weighted by molar-refractivity contribution is 8.44. The predicted octanol–water partition coefficient (Wildman–Crippen LogP) is 7.34. The first-order valence-corrected chi connectivity index (χ1v) is 29.5. The van der Waals surface area contributed by atoms with Crippen molar-refractivity contribution in [2.75, 3.05) is 19.8 Å². The van der Waals surface area contributed by atoms with Crippen LogP contribution in [0.15, 0.2) is 35.9 Å². The van der Waals surface area contributed by atoms with Gasteiger partial charge in [-0.25, -0.2) is 23.9 Å². The molecule has 61 heavy (non-hydrogen) atoms. The maximum absolute atomic E-state index is 15.7. The van der Waals surface area contributed by atoms with Crippen LogP contribution in [-0.4, -0.2) is 96.8 Å². The molecule has 0 amide bonds. The molecule has 9 atom stereocenters. The molecule has 0 spiro atoms.